The van der Waals surface area contributed by atoms with Crippen molar-refractivity contribution in [2.24, 2.45) is 0 Å². The fraction of sp³-hybridized carbons (Fsp3) is 0.174. The molecule has 0 saturated heterocycles. The Labute approximate surface area is 169 Å². The van der Waals surface area contributed by atoms with E-state index >= 15 is 0 Å². The van der Waals surface area contributed by atoms with Gasteiger partial charge in [0.1, 0.15) is 24.3 Å². The van der Waals surface area contributed by atoms with E-state index in [9.17, 15) is 5.11 Å². The summed E-state index contributed by atoms with van der Waals surface area (Å²) in [7, 11) is 0. The molecule has 0 unspecified atom stereocenters. The number of fused-ring (bicyclic) bond motifs is 1. The van der Waals surface area contributed by atoms with Gasteiger partial charge in [-0.3, -0.25) is 0 Å². The predicted molar refractivity (Wildman–Crippen MR) is 112 cm³/mol. The number of hydrogen-bond acceptors (Lipinski definition) is 3. The molecule has 1 atom stereocenters. The summed E-state index contributed by atoms with van der Waals surface area (Å²) in [6.45, 7) is 0.606. The zero-order valence-electron chi connectivity index (χ0n) is 15.3. The summed E-state index contributed by atoms with van der Waals surface area (Å²) in [5.74, 6) is 1.61. The van der Waals surface area contributed by atoms with Crippen molar-refractivity contribution < 1.29 is 9.84 Å². The lowest BCUT2D eigenvalue weighted by molar-refractivity contribution is 0.0928. The van der Waals surface area contributed by atoms with Gasteiger partial charge in [-0.2, -0.15) is 0 Å². The van der Waals surface area contributed by atoms with Gasteiger partial charge in [0, 0.05) is 11.4 Å². The van der Waals surface area contributed by atoms with Crippen LogP contribution in [0.3, 0.4) is 0 Å². The van der Waals surface area contributed by atoms with Crippen molar-refractivity contribution in [3.8, 4) is 5.75 Å². The number of hydrogen-bond donors (Lipinski definition) is 1. The van der Waals surface area contributed by atoms with Gasteiger partial charge in [-0.05, 0) is 35.9 Å². The van der Waals surface area contributed by atoms with Crippen molar-refractivity contribution in [1.29, 1.82) is 0 Å². The maximum absolute atomic E-state index is 10.6. The number of aromatic nitrogens is 2. The molecule has 0 fully saturated rings. The SMILES string of the molecule is O[C@H](COc1ccccc1)Cn1c(Cc2ccccc2Cl)nc2ccccc21. The monoisotopic (exact) mass is 392 g/mol. The van der Waals surface area contributed by atoms with Crippen LogP contribution in [0.4, 0.5) is 0 Å². The Balaban J connectivity index is 1.57. The van der Waals surface area contributed by atoms with Gasteiger partial charge in [-0.25, -0.2) is 4.98 Å². The molecular weight excluding hydrogens is 372 g/mol. The van der Waals surface area contributed by atoms with Gasteiger partial charge in [-0.1, -0.05) is 60.1 Å². The molecule has 0 radical (unpaired) electrons. The van der Waals surface area contributed by atoms with E-state index in [4.69, 9.17) is 21.3 Å². The van der Waals surface area contributed by atoms with Crippen LogP contribution < -0.4 is 4.74 Å². The minimum absolute atomic E-state index is 0.210. The van der Waals surface area contributed by atoms with E-state index in [0.29, 0.717) is 18.0 Å². The molecule has 0 spiro atoms. The number of aliphatic hydroxyl groups is 1. The smallest absolute Gasteiger partial charge is 0.119 e. The van der Waals surface area contributed by atoms with E-state index in [-0.39, 0.29) is 6.61 Å². The maximum atomic E-state index is 10.6. The molecule has 3 aromatic carbocycles. The van der Waals surface area contributed by atoms with Crippen molar-refractivity contribution >= 4 is 22.6 Å². The minimum atomic E-state index is -0.664. The standard InChI is InChI=1S/C23H21ClN2O2/c24-20-11-5-4-8-17(20)14-23-25-21-12-6-7-13-22(21)26(23)15-18(27)16-28-19-9-2-1-3-10-19/h1-13,18,27H,14-16H2/t18-/m0/s1. The summed E-state index contributed by atoms with van der Waals surface area (Å²) >= 11 is 6.34. The molecular formula is C23H21ClN2O2. The molecule has 142 valence electrons. The Morgan fingerprint density at radius 1 is 0.929 bits per heavy atom. The molecule has 4 rings (SSSR count). The predicted octanol–water partition coefficient (Wildman–Crippen LogP) is 4.72. The van der Waals surface area contributed by atoms with Crippen LogP contribution in [0.2, 0.25) is 5.02 Å². The molecule has 5 heteroatoms. The largest absolute Gasteiger partial charge is 0.491 e. The fourth-order valence-corrected chi connectivity index (χ4v) is 3.45. The number of benzene rings is 3. The summed E-state index contributed by atoms with van der Waals surface area (Å²) < 4.78 is 7.75. The molecule has 0 aliphatic heterocycles. The number of nitrogens with zero attached hydrogens (tertiary/aromatic N) is 2. The Kier molecular flexibility index (Phi) is 5.60. The van der Waals surface area contributed by atoms with Crippen molar-refractivity contribution in [2.75, 3.05) is 6.61 Å². The van der Waals surface area contributed by atoms with Crippen LogP contribution in [-0.4, -0.2) is 27.4 Å². The third-order valence-corrected chi connectivity index (χ3v) is 4.99. The van der Waals surface area contributed by atoms with E-state index in [0.717, 1.165) is 28.2 Å². The van der Waals surface area contributed by atoms with E-state index in [2.05, 4.69) is 4.57 Å². The zero-order valence-corrected chi connectivity index (χ0v) is 16.1. The summed E-state index contributed by atoms with van der Waals surface area (Å²) in [5, 5.41) is 11.3. The molecule has 0 saturated carbocycles. The topological polar surface area (TPSA) is 47.3 Å². The third kappa shape index (κ3) is 4.19. The van der Waals surface area contributed by atoms with Gasteiger partial charge in [-0.15, -0.1) is 0 Å². The number of aliphatic hydroxyl groups excluding tert-OH is 1. The summed E-state index contributed by atoms with van der Waals surface area (Å²) in [6, 6.07) is 25.2. The van der Waals surface area contributed by atoms with Crippen LogP contribution in [0, 0.1) is 0 Å². The average molecular weight is 393 g/mol. The Hall–Kier alpha value is -2.82. The lowest BCUT2D eigenvalue weighted by Gasteiger charge is -2.16. The van der Waals surface area contributed by atoms with Gasteiger partial charge in [0.05, 0.1) is 17.6 Å². The van der Waals surface area contributed by atoms with Gasteiger partial charge in [0.15, 0.2) is 0 Å². The van der Waals surface area contributed by atoms with Gasteiger partial charge in [0.25, 0.3) is 0 Å². The van der Waals surface area contributed by atoms with E-state index in [1.165, 1.54) is 0 Å². The van der Waals surface area contributed by atoms with Crippen LogP contribution in [0.5, 0.6) is 5.75 Å². The highest BCUT2D eigenvalue weighted by molar-refractivity contribution is 6.31. The van der Waals surface area contributed by atoms with Crippen LogP contribution in [-0.2, 0) is 13.0 Å². The van der Waals surface area contributed by atoms with Crippen molar-refractivity contribution in [1.82, 2.24) is 9.55 Å². The van der Waals surface area contributed by atoms with Crippen molar-refractivity contribution in [3.05, 3.63) is 95.3 Å². The van der Waals surface area contributed by atoms with Crippen LogP contribution in [0.25, 0.3) is 11.0 Å². The minimum Gasteiger partial charge on any atom is -0.491 e. The molecule has 4 aromatic rings. The number of para-hydroxylation sites is 3. The number of halogens is 1. The second kappa shape index (κ2) is 8.46. The van der Waals surface area contributed by atoms with E-state index < -0.39 is 6.10 Å². The number of imidazole rings is 1. The van der Waals surface area contributed by atoms with Crippen molar-refractivity contribution in [3.63, 3.8) is 0 Å². The van der Waals surface area contributed by atoms with Crippen molar-refractivity contribution in [2.45, 2.75) is 19.1 Å². The first-order chi connectivity index (χ1) is 13.7. The Morgan fingerprint density at radius 2 is 1.64 bits per heavy atom. The van der Waals surface area contributed by atoms with Gasteiger partial charge < -0.3 is 14.4 Å². The molecule has 28 heavy (non-hydrogen) atoms. The molecule has 0 amide bonds. The highest BCUT2D eigenvalue weighted by Crippen LogP contribution is 2.23. The highest BCUT2D eigenvalue weighted by atomic mass is 35.5. The second-order valence-corrected chi connectivity index (χ2v) is 7.08. The van der Waals surface area contributed by atoms with E-state index in [1.807, 2.05) is 78.9 Å². The fourth-order valence-electron chi connectivity index (χ4n) is 3.25. The lowest BCUT2D eigenvalue weighted by Crippen LogP contribution is -2.24. The summed E-state index contributed by atoms with van der Waals surface area (Å²) in [4.78, 5) is 4.77. The number of ether oxygens (including phenoxy) is 1. The molecule has 0 aliphatic rings. The third-order valence-electron chi connectivity index (χ3n) is 4.62. The highest BCUT2D eigenvalue weighted by Gasteiger charge is 2.16. The molecule has 0 aliphatic carbocycles. The summed E-state index contributed by atoms with van der Waals surface area (Å²) in [6.07, 6.45) is -0.0662. The molecule has 1 aromatic heterocycles. The van der Waals surface area contributed by atoms with Crippen LogP contribution in [0.1, 0.15) is 11.4 Å². The lowest BCUT2D eigenvalue weighted by atomic mass is 10.1. The Bertz CT molecular complexity index is 1060. The average Bonchev–Trinajstić information content (AvgIpc) is 3.06. The van der Waals surface area contributed by atoms with Gasteiger partial charge >= 0.3 is 0 Å². The van der Waals surface area contributed by atoms with Crippen LogP contribution >= 0.6 is 11.6 Å². The Morgan fingerprint density at radius 3 is 2.46 bits per heavy atom. The molecule has 0 bridgehead atoms. The van der Waals surface area contributed by atoms with Gasteiger partial charge in [0.2, 0.25) is 0 Å². The zero-order chi connectivity index (χ0) is 19.3. The first-order valence-corrected chi connectivity index (χ1v) is 9.62. The van der Waals surface area contributed by atoms with E-state index in [1.54, 1.807) is 0 Å². The normalized spacial score (nSPS) is 12.2. The number of rotatable bonds is 7. The summed E-state index contributed by atoms with van der Waals surface area (Å²) in [5.41, 5.74) is 2.90. The maximum Gasteiger partial charge on any atom is 0.119 e. The quantitative estimate of drug-likeness (QED) is 0.495. The molecule has 1 heterocycles. The second-order valence-electron chi connectivity index (χ2n) is 6.67. The molecule has 4 nitrogen and oxygen atoms in total. The van der Waals surface area contributed by atoms with Crippen LogP contribution in [0.15, 0.2) is 78.9 Å². The first kappa shape index (κ1) is 18.5. The first-order valence-electron chi connectivity index (χ1n) is 9.24. The molecule has 1 N–H and O–H groups in total.